The van der Waals surface area contributed by atoms with Crippen LogP contribution in [0.15, 0.2) is 36.5 Å². The van der Waals surface area contributed by atoms with Crippen molar-refractivity contribution in [2.45, 2.75) is 193 Å². The quantitative estimate of drug-likeness (QED) is 0.0241. The van der Waals surface area contributed by atoms with E-state index in [0.29, 0.717) is 12.8 Å². The summed E-state index contributed by atoms with van der Waals surface area (Å²) in [6, 6.07) is -1.00. The first-order valence-corrected chi connectivity index (χ1v) is 21.7. The predicted octanol–water partition coefficient (Wildman–Crippen LogP) is 9.75. The van der Waals surface area contributed by atoms with Gasteiger partial charge in [0.1, 0.15) is 0 Å². The molecule has 6 N–H and O–H groups in total. The van der Waals surface area contributed by atoms with Gasteiger partial charge in [-0.1, -0.05) is 159 Å². The Hall–Kier alpha value is -1.32. The molecule has 0 aliphatic heterocycles. The zero-order valence-electron chi connectivity index (χ0n) is 32.0. The number of nitrogens with one attached hydrogen (secondary N) is 1. The molecule has 0 fully saturated rings. The van der Waals surface area contributed by atoms with Gasteiger partial charge in [-0.2, -0.15) is 0 Å². The summed E-state index contributed by atoms with van der Waals surface area (Å²) in [6.45, 7) is 3.91. The van der Waals surface area contributed by atoms with Crippen molar-refractivity contribution in [3.8, 4) is 0 Å². The molecule has 0 saturated carbocycles. The summed E-state index contributed by atoms with van der Waals surface area (Å²) in [4.78, 5) is 22.7. The Morgan fingerprint density at radius 2 is 1.14 bits per heavy atom. The molecular weight excluding hydrogens is 651 g/mol. The SMILES string of the molecule is CCCCCC/C=C/CC/C=C/CC/C=C/C(O)C(COP(=O)(O)OCCN)NC(=O)CC(O)CCCCCCCCCCCCCCCC. The molecule has 0 aliphatic rings. The van der Waals surface area contributed by atoms with Crippen molar-refractivity contribution in [3.05, 3.63) is 36.5 Å². The third kappa shape index (κ3) is 33.8. The zero-order valence-corrected chi connectivity index (χ0v) is 32.9. The van der Waals surface area contributed by atoms with Gasteiger partial charge >= 0.3 is 7.82 Å². The van der Waals surface area contributed by atoms with E-state index in [1.165, 1.54) is 96.3 Å². The molecule has 4 unspecified atom stereocenters. The highest BCUT2D eigenvalue weighted by Gasteiger charge is 2.27. The number of allylic oxidation sites excluding steroid dienone is 5. The molecule has 0 bridgehead atoms. The molecule has 10 heteroatoms. The second-order valence-corrected chi connectivity index (χ2v) is 15.1. The smallest absolute Gasteiger partial charge is 0.393 e. The van der Waals surface area contributed by atoms with E-state index < -0.39 is 38.6 Å². The van der Waals surface area contributed by atoms with Gasteiger partial charge in [0.2, 0.25) is 5.91 Å². The van der Waals surface area contributed by atoms with Crippen LogP contribution in [0.1, 0.15) is 174 Å². The van der Waals surface area contributed by atoms with Crippen LogP contribution in [-0.4, -0.2) is 59.0 Å². The van der Waals surface area contributed by atoms with Crippen LogP contribution in [0.3, 0.4) is 0 Å². The average Bonchev–Trinajstić information content (AvgIpc) is 3.09. The minimum absolute atomic E-state index is 0.0426. The number of hydrogen-bond donors (Lipinski definition) is 5. The Balaban J connectivity index is 4.45. The first-order chi connectivity index (χ1) is 24.3. The third-order valence-corrected chi connectivity index (χ3v) is 9.74. The molecule has 0 aromatic carbocycles. The molecule has 0 aromatic rings. The second kappa shape index (κ2) is 36.1. The van der Waals surface area contributed by atoms with Gasteiger partial charge in [0, 0.05) is 6.54 Å². The molecule has 0 rings (SSSR count). The Kier molecular flexibility index (Phi) is 35.1. The van der Waals surface area contributed by atoms with Crippen molar-refractivity contribution >= 4 is 13.7 Å². The number of carbonyl (C=O) groups is 1. The number of amides is 1. The van der Waals surface area contributed by atoms with E-state index in [9.17, 15) is 24.5 Å². The highest BCUT2D eigenvalue weighted by atomic mass is 31.2. The second-order valence-electron chi connectivity index (χ2n) is 13.7. The van der Waals surface area contributed by atoms with Crippen LogP contribution < -0.4 is 11.1 Å². The maximum Gasteiger partial charge on any atom is 0.472 e. The van der Waals surface area contributed by atoms with Crippen LogP contribution in [-0.2, 0) is 18.4 Å². The summed E-state index contributed by atoms with van der Waals surface area (Å²) < 4.78 is 22.0. The largest absolute Gasteiger partial charge is 0.472 e. The summed E-state index contributed by atoms with van der Waals surface area (Å²) in [6.07, 6.45) is 38.0. The number of nitrogens with two attached hydrogens (primary N) is 1. The monoisotopic (exact) mass is 729 g/mol. The molecule has 0 spiro atoms. The van der Waals surface area contributed by atoms with E-state index in [0.717, 1.165) is 44.9 Å². The number of phosphoric acid groups is 1. The van der Waals surface area contributed by atoms with Gasteiger partial charge in [0.05, 0.1) is 37.9 Å². The number of unbranched alkanes of at least 4 members (excludes halogenated alkanes) is 19. The fraction of sp³-hybridized carbons (Fsp3) is 0.825. The van der Waals surface area contributed by atoms with Crippen LogP contribution in [0, 0.1) is 0 Å². The van der Waals surface area contributed by atoms with Crippen molar-refractivity contribution in [2.24, 2.45) is 5.73 Å². The van der Waals surface area contributed by atoms with E-state index >= 15 is 0 Å². The first-order valence-electron chi connectivity index (χ1n) is 20.2. The highest BCUT2D eigenvalue weighted by molar-refractivity contribution is 7.47. The topological polar surface area (TPSA) is 151 Å². The van der Waals surface area contributed by atoms with Crippen molar-refractivity contribution < 1.29 is 33.5 Å². The maximum atomic E-state index is 12.8. The Morgan fingerprint density at radius 3 is 1.66 bits per heavy atom. The molecule has 294 valence electrons. The summed E-state index contributed by atoms with van der Waals surface area (Å²) in [5.41, 5.74) is 5.35. The fourth-order valence-electron chi connectivity index (χ4n) is 5.68. The summed E-state index contributed by atoms with van der Waals surface area (Å²) >= 11 is 0. The first kappa shape index (κ1) is 48.7. The van der Waals surface area contributed by atoms with Gasteiger partial charge in [0.15, 0.2) is 0 Å². The Morgan fingerprint density at radius 1 is 0.680 bits per heavy atom. The van der Waals surface area contributed by atoms with Crippen molar-refractivity contribution in [1.82, 2.24) is 5.32 Å². The minimum Gasteiger partial charge on any atom is -0.393 e. The number of phosphoric ester groups is 1. The van der Waals surface area contributed by atoms with Gasteiger partial charge in [0.25, 0.3) is 0 Å². The van der Waals surface area contributed by atoms with Crippen molar-refractivity contribution in [1.29, 1.82) is 0 Å². The van der Waals surface area contributed by atoms with Gasteiger partial charge in [-0.25, -0.2) is 4.57 Å². The van der Waals surface area contributed by atoms with Crippen molar-refractivity contribution in [2.75, 3.05) is 19.8 Å². The number of rotatable bonds is 37. The zero-order chi connectivity index (χ0) is 37.0. The number of aliphatic hydroxyl groups excluding tert-OH is 2. The van der Waals surface area contributed by atoms with Gasteiger partial charge < -0.3 is 26.2 Å². The van der Waals surface area contributed by atoms with E-state index in [1.54, 1.807) is 6.08 Å². The average molecular weight is 729 g/mol. The minimum atomic E-state index is -4.40. The third-order valence-electron chi connectivity index (χ3n) is 8.75. The summed E-state index contributed by atoms with van der Waals surface area (Å²) in [5.74, 6) is -0.461. The number of carbonyl (C=O) groups excluding carboxylic acids is 1. The molecule has 4 atom stereocenters. The molecule has 1 amide bonds. The van der Waals surface area contributed by atoms with Crippen molar-refractivity contribution in [3.63, 3.8) is 0 Å². The fourth-order valence-corrected chi connectivity index (χ4v) is 6.44. The summed E-state index contributed by atoms with van der Waals surface area (Å²) in [7, 11) is -4.40. The standard InChI is InChI=1S/C40H77N2O7P/c1-3-5-7-9-11-13-15-17-19-21-23-25-27-29-31-37(43)35-40(45)42-38(36-49-50(46,47)48-34-33-41)39(44)32-30-28-26-24-22-20-18-16-14-12-10-8-6-4-2/h14,16,22,24,30,32,37-39,43-44H,3-13,15,17-21,23,25-29,31,33-36,41H2,1-2H3,(H,42,45)(H,46,47)/b16-14+,24-22+,32-30+. The predicted molar refractivity (Wildman–Crippen MR) is 209 cm³/mol. The number of aliphatic hydroxyl groups is 2. The van der Waals surface area contributed by atoms with E-state index in [4.69, 9.17) is 14.8 Å². The van der Waals surface area contributed by atoms with Crippen LogP contribution in [0.2, 0.25) is 0 Å². The van der Waals surface area contributed by atoms with Crippen LogP contribution >= 0.6 is 7.82 Å². The Labute approximate surface area is 306 Å². The highest BCUT2D eigenvalue weighted by Crippen LogP contribution is 2.43. The number of hydrogen-bond acceptors (Lipinski definition) is 7. The van der Waals surface area contributed by atoms with Crippen LogP contribution in [0.25, 0.3) is 0 Å². The molecule has 0 radical (unpaired) electrons. The van der Waals surface area contributed by atoms with Gasteiger partial charge in [-0.15, -0.1) is 0 Å². The van der Waals surface area contributed by atoms with Crippen LogP contribution in [0.4, 0.5) is 0 Å². The van der Waals surface area contributed by atoms with Gasteiger partial charge in [-0.3, -0.25) is 13.8 Å². The Bertz CT molecular complexity index is 899. The molecule has 0 heterocycles. The molecule has 0 saturated heterocycles. The lowest BCUT2D eigenvalue weighted by atomic mass is 10.0. The molecule has 0 aromatic heterocycles. The molecule has 50 heavy (non-hydrogen) atoms. The molecular formula is C40H77N2O7P. The lowest BCUT2D eigenvalue weighted by molar-refractivity contribution is -0.124. The maximum absolute atomic E-state index is 12.8. The van der Waals surface area contributed by atoms with Crippen LogP contribution in [0.5, 0.6) is 0 Å². The normalized spacial score (nSPS) is 15.2. The van der Waals surface area contributed by atoms with Gasteiger partial charge in [-0.05, 0) is 44.9 Å². The van der Waals surface area contributed by atoms with E-state index in [1.807, 2.05) is 6.08 Å². The van der Waals surface area contributed by atoms with E-state index in [2.05, 4.69) is 43.5 Å². The lowest BCUT2D eigenvalue weighted by Crippen LogP contribution is -2.46. The lowest BCUT2D eigenvalue weighted by Gasteiger charge is -2.24. The summed E-state index contributed by atoms with van der Waals surface area (Å²) in [5, 5.41) is 23.9. The molecule has 0 aliphatic carbocycles. The van der Waals surface area contributed by atoms with E-state index in [-0.39, 0.29) is 19.6 Å². The molecule has 9 nitrogen and oxygen atoms in total.